The SMILES string of the molecule is FC(F)(F)c1ccc(-c2cnc(-c3ccccc3)s2)cc1. The third-order valence-corrected chi connectivity index (χ3v) is 4.12. The molecule has 0 saturated carbocycles. The van der Waals surface area contributed by atoms with Crippen LogP contribution in [0.4, 0.5) is 13.2 Å². The van der Waals surface area contributed by atoms with Crippen molar-refractivity contribution in [3.05, 3.63) is 66.4 Å². The molecule has 0 bridgehead atoms. The predicted octanol–water partition coefficient (Wildman–Crippen LogP) is 5.50. The van der Waals surface area contributed by atoms with Crippen LogP contribution in [0.15, 0.2) is 60.8 Å². The van der Waals surface area contributed by atoms with Gasteiger partial charge in [0.25, 0.3) is 0 Å². The normalized spacial score (nSPS) is 11.6. The molecule has 0 aliphatic rings. The lowest BCUT2D eigenvalue weighted by Gasteiger charge is -2.06. The Kier molecular flexibility index (Phi) is 3.51. The summed E-state index contributed by atoms with van der Waals surface area (Å²) in [5.74, 6) is 0. The van der Waals surface area contributed by atoms with E-state index in [9.17, 15) is 13.2 Å². The summed E-state index contributed by atoms with van der Waals surface area (Å²) in [7, 11) is 0. The fourth-order valence-corrected chi connectivity index (χ4v) is 2.87. The van der Waals surface area contributed by atoms with E-state index in [1.807, 2.05) is 30.3 Å². The van der Waals surface area contributed by atoms with Gasteiger partial charge in [-0.25, -0.2) is 4.98 Å². The second kappa shape index (κ2) is 5.33. The maximum atomic E-state index is 12.5. The summed E-state index contributed by atoms with van der Waals surface area (Å²) in [4.78, 5) is 5.18. The molecule has 0 radical (unpaired) electrons. The van der Waals surface area contributed by atoms with Crippen molar-refractivity contribution in [1.29, 1.82) is 0 Å². The lowest BCUT2D eigenvalue weighted by molar-refractivity contribution is -0.137. The van der Waals surface area contributed by atoms with Crippen LogP contribution < -0.4 is 0 Å². The second-order valence-electron chi connectivity index (χ2n) is 4.47. The molecule has 21 heavy (non-hydrogen) atoms. The number of nitrogens with zero attached hydrogens (tertiary/aromatic N) is 1. The third-order valence-electron chi connectivity index (χ3n) is 3.02. The fraction of sp³-hybridized carbons (Fsp3) is 0.0625. The zero-order chi connectivity index (χ0) is 14.9. The summed E-state index contributed by atoms with van der Waals surface area (Å²) in [5.41, 5.74) is 1.10. The summed E-state index contributed by atoms with van der Waals surface area (Å²) in [6.45, 7) is 0. The van der Waals surface area contributed by atoms with Crippen LogP contribution in [-0.4, -0.2) is 4.98 Å². The van der Waals surface area contributed by atoms with Crippen molar-refractivity contribution in [3.63, 3.8) is 0 Å². The van der Waals surface area contributed by atoms with E-state index in [0.717, 1.165) is 33.1 Å². The molecule has 0 spiro atoms. The highest BCUT2D eigenvalue weighted by Gasteiger charge is 2.30. The van der Waals surface area contributed by atoms with E-state index in [-0.39, 0.29) is 0 Å². The van der Waals surface area contributed by atoms with Crippen LogP contribution in [-0.2, 0) is 6.18 Å². The highest BCUT2D eigenvalue weighted by molar-refractivity contribution is 7.18. The molecule has 5 heteroatoms. The van der Waals surface area contributed by atoms with Gasteiger partial charge in [0, 0.05) is 11.8 Å². The first-order valence-corrected chi connectivity index (χ1v) is 7.04. The Morgan fingerprint density at radius 2 is 1.48 bits per heavy atom. The molecule has 0 N–H and O–H groups in total. The van der Waals surface area contributed by atoms with Crippen LogP contribution in [0.3, 0.4) is 0 Å². The van der Waals surface area contributed by atoms with Crippen molar-refractivity contribution in [2.75, 3.05) is 0 Å². The average molecular weight is 305 g/mol. The molecule has 0 saturated heterocycles. The minimum atomic E-state index is -4.30. The standard InChI is InChI=1S/C16H10F3NS/c17-16(18,19)13-8-6-11(7-9-13)14-10-20-15(21-14)12-4-2-1-3-5-12/h1-10H. The van der Waals surface area contributed by atoms with Crippen LogP contribution in [0, 0.1) is 0 Å². The summed E-state index contributed by atoms with van der Waals surface area (Å²) >= 11 is 1.46. The maximum absolute atomic E-state index is 12.5. The van der Waals surface area contributed by atoms with Gasteiger partial charge in [-0.3, -0.25) is 0 Å². The van der Waals surface area contributed by atoms with Crippen LogP contribution in [0.1, 0.15) is 5.56 Å². The van der Waals surface area contributed by atoms with Gasteiger partial charge in [0.2, 0.25) is 0 Å². The van der Waals surface area contributed by atoms with E-state index in [1.54, 1.807) is 6.20 Å². The molecule has 2 aromatic carbocycles. The molecule has 0 atom stereocenters. The number of thiazole rings is 1. The topological polar surface area (TPSA) is 12.9 Å². The van der Waals surface area contributed by atoms with E-state index < -0.39 is 11.7 Å². The van der Waals surface area contributed by atoms with Crippen LogP contribution in [0.25, 0.3) is 21.0 Å². The molecule has 106 valence electrons. The minimum absolute atomic E-state index is 0.640. The van der Waals surface area contributed by atoms with Gasteiger partial charge in [0.05, 0.1) is 10.4 Å². The minimum Gasteiger partial charge on any atom is -0.244 e. The van der Waals surface area contributed by atoms with Crippen molar-refractivity contribution in [2.45, 2.75) is 6.18 Å². The molecule has 1 heterocycles. The number of hydrogen-bond acceptors (Lipinski definition) is 2. The average Bonchev–Trinajstić information content (AvgIpc) is 2.97. The van der Waals surface area contributed by atoms with E-state index in [2.05, 4.69) is 4.98 Å². The molecule has 0 aliphatic carbocycles. The quantitative estimate of drug-likeness (QED) is 0.609. The van der Waals surface area contributed by atoms with Crippen molar-refractivity contribution in [2.24, 2.45) is 0 Å². The van der Waals surface area contributed by atoms with Crippen LogP contribution in [0.2, 0.25) is 0 Å². The van der Waals surface area contributed by atoms with Gasteiger partial charge in [-0.1, -0.05) is 42.5 Å². The van der Waals surface area contributed by atoms with E-state index in [0.29, 0.717) is 0 Å². The van der Waals surface area contributed by atoms with Crippen molar-refractivity contribution < 1.29 is 13.2 Å². The molecule has 0 amide bonds. The summed E-state index contributed by atoms with van der Waals surface area (Å²) < 4.78 is 37.6. The first-order chi connectivity index (χ1) is 10.0. The van der Waals surface area contributed by atoms with Gasteiger partial charge in [-0.15, -0.1) is 11.3 Å². The van der Waals surface area contributed by atoms with Gasteiger partial charge in [0.15, 0.2) is 0 Å². The number of alkyl halides is 3. The number of hydrogen-bond donors (Lipinski definition) is 0. The molecule has 1 nitrogen and oxygen atoms in total. The van der Waals surface area contributed by atoms with Gasteiger partial charge in [-0.2, -0.15) is 13.2 Å². The molecule has 0 unspecified atom stereocenters. The predicted molar refractivity (Wildman–Crippen MR) is 78.0 cm³/mol. The first-order valence-electron chi connectivity index (χ1n) is 6.23. The molecule has 3 aromatic rings. The molecular weight excluding hydrogens is 295 g/mol. The Balaban J connectivity index is 1.90. The first kappa shape index (κ1) is 13.8. The lowest BCUT2D eigenvalue weighted by atomic mass is 10.1. The zero-order valence-corrected chi connectivity index (χ0v) is 11.6. The van der Waals surface area contributed by atoms with Gasteiger partial charge < -0.3 is 0 Å². The summed E-state index contributed by atoms with van der Waals surface area (Å²) in [5, 5.41) is 0.852. The molecule has 0 aliphatic heterocycles. The number of rotatable bonds is 2. The maximum Gasteiger partial charge on any atom is 0.416 e. The third kappa shape index (κ3) is 2.97. The van der Waals surface area contributed by atoms with Gasteiger partial charge >= 0.3 is 6.18 Å². The smallest absolute Gasteiger partial charge is 0.244 e. The highest BCUT2D eigenvalue weighted by Crippen LogP contribution is 2.34. The van der Waals surface area contributed by atoms with Crippen molar-refractivity contribution >= 4 is 11.3 Å². The monoisotopic (exact) mass is 305 g/mol. The highest BCUT2D eigenvalue weighted by atomic mass is 32.1. The van der Waals surface area contributed by atoms with E-state index >= 15 is 0 Å². The Labute approximate surface area is 123 Å². The Bertz CT molecular complexity index is 730. The molecule has 0 fully saturated rings. The fourth-order valence-electron chi connectivity index (χ4n) is 1.95. The van der Waals surface area contributed by atoms with Crippen LogP contribution in [0.5, 0.6) is 0 Å². The lowest BCUT2D eigenvalue weighted by Crippen LogP contribution is -2.03. The van der Waals surface area contributed by atoms with E-state index in [4.69, 9.17) is 0 Å². The summed E-state index contributed by atoms with van der Waals surface area (Å²) in [6, 6.07) is 14.8. The molecule has 1 aromatic heterocycles. The van der Waals surface area contributed by atoms with Crippen molar-refractivity contribution in [1.82, 2.24) is 4.98 Å². The second-order valence-corrected chi connectivity index (χ2v) is 5.50. The Hall–Kier alpha value is -2.14. The number of aromatic nitrogens is 1. The Morgan fingerprint density at radius 3 is 2.10 bits per heavy atom. The zero-order valence-electron chi connectivity index (χ0n) is 10.8. The van der Waals surface area contributed by atoms with Gasteiger partial charge in [-0.05, 0) is 17.7 Å². The van der Waals surface area contributed by atoms with Crippen molar-refractivity contribution in [3.8, 4) is 21.0 Å². The largest absolute Gasteiger partial charge is 0.416 e. The number of halogens is 3. The van der Waals surface area contributed by atoms with Gasteiger partial charge in [0.1, 0.15) is 5.01 Å². The molecule has 3 rings (SSSR count). The Morgan fingerprint density at radius 1 is 0.810 bits per heavy atom. The van der Waals surface area contributed by atoms with Crippen LogP contribution >= 0.6 is 11.3 Å². The number of benzene rings is 2. The molecular formula is C16H10F3NS. The summed E-state index contributed by atoms with van der Waals surface area (Å²) in [6.07, 6.45) is -2.61. The van der Waals surface area contributed by atoms with E-state index in [1.165, 1.54) is 23.5 Å².